The summed E-state index contributed by atoms with van der Waals surface area (Å²) in [6, 6.07) is 10.8. The zero-order chi connectivity index (χ0) is 24.1. The number of rotatable bonds is 10. The Labute approximate surface area is 201 Å². The van der Waals surface area contributed by atoms with Gasteiger partial charge in [0.15, 0.2) is 5.65 Å². The smallest absolute Gasteiger partial charge is 0.154 e. The van der Waals surface area contributed by atoms with Crippen molar-refractivity contribution in [3.8, 4) is 0 Å². The van der Waals surface area contributed by atoms with Gasteiger partial charge >= 0.3 is 0 Å². The molecule has 0 spiro atoms. The van der Waals surface area contributed by atoms with Crippen molar-refractivity contribution in [3.63, 3.8) is 0 Å². The van der Waals surface area contributed by atoms with Crippen LogP contribution in [0.25, 0.3) is 11.2 Å². The van der Waals surface area contributed by atoms with Crippen LogP contribution in [0.3, 0.4) is 0 Å². The van der Waals surface area contributed by atoms with E-state index in [0.717, 1.165) is 60.5 Å². The number of unbranched alkanes of at least 4 members (excludes halogenated alkanes) is 1. The van der Waals surface area contributed by atoms with Crippen LogP contribution < -0.4 is 16.0 Å². The highest BCUT2D eigenvalue weighted by molar-refractivity contribution is 5.74. The number of hydrogen-bond donors (Lipinski definition) is 2. The molecule has 2 aromatic heterocycles. The minimum absolute atomic E-state index is 0.187. The number of nitrogens with zero attached hydrogens (tertiary/aromatic N) is 4. The van der Waals surface area contributed by atoms with Gasteiger partial charge in [0, 0.05) is 31.7 Å². The fourth-order valence-electron chi connectivity index (χ4n) is 4.25. The standard InChI is InChI=1S/C27H35FN6/c1-4-5-15-27(2,29)19-31-23-11-9-21(10-12-23)24-17-30-25-13-14-26(32-34(24)25)33(3)18-20-7-6-8-22(28)16-20/h6-11,13-14,16-17,23,31H,4-5,12,15,18-19,29H2,1-3H3. The van der Waals surface area contributed by atoms with Crippen LogP contribution in [0, 0.1) is 5.82 Å². The molecule has 4 rings (SSSR count). The zero-order valence-corrected chi connectivity index (χ0v) is 20.3. The molecular weight excluding hydrogens is 427 g/mol. The number of anilines is 1. The highest BCUT2D eigenvalue weighted by Crippen LogP contribution is 2.24. The van der Waals surface area contributed by atoms with Crippen molar-refractivity contribution in [1.82, 2.24) is 19.9 Å². The molecule has 1 aliphatic rings. The van der Waals surface area contributed by atoms with Crippen LogP contribution >= 0.6 is 0 Å². The molecule has 0 saturated heterocycles. The number of aromatic nitrogens is 3. The summed E-state index contributed by atoms with van der Waals surface area (Å²) in [6.45, 7) is 5.68. The van der Waals surface area contributed by atoms with Gasteiger partial charge < -0.3 is 16.0 Å². The molecule has 7 heteroatoms. The molecule has 0 radical (unpaired) electrons. The molecule has 3 aromatic rings. The van der Waals surface area contributed by atoms with Crippen LogP contribution in [0.1, 0.15) is 50.8 Å². The maximum absolute atomic E-state index is 13.6. The van der Waals surface area contributed by atoms with Gasteiger partial charge in [-0.15, -0.1) is 5.10 Å². The van der Waals surface area contributed by atoms with Gasteiger partial charge in [-0.25, -0.2) is 13.9 Å². The van der Waals surface area contributed by atoms with E-state index < -0.39 is 0 Å². The quantitative estimate of drug-likeness (QED) is 0.456. The Kier molecular flexibility index (Phi) is 7.44. The molecule has 0 aliphatic heterocycles. The second-order valence-electron chi connectivity index (χ2n) is 9.59. The molecule has 1 aliphatic carbocycles. The Morgan fingerprint density at radius 1 is 1.29 bits per heavy atom. The Morgan fingerprint density at radius 2 is 2.15 bits per heavy atom. The Hall–Kier alpha value is -3.03. The van der Waals surface area contributed by atoms with E-state index in [0.29, 0.717) is 6.54 Å². The van der Waals surface area contributed by atoms with Gasteiger partial charge in [-0.1, -0.05) is 50.1 Å². The van der Waals surface area contributed by atoms with Gasteiger partial charge in [-0.2, -0.15) is 0 Å². The first kappa shape index (κ1) is 24.1. The summed E-state index contributed by atoms with van der Waals surface area (Å²) in [6.07, 6.45) is 12.7. The topological polar surface area (TPSA) is 71.5 Å². The molecule has 180 valence electrons. The first-order valence-electron chi connectivity index (χ1n) is 12.1. The average molecular weight is 463 g/mol. The zero-order valence-electron chi connectivity index (χ0n) is 20.3. The van der Waals surface area contributed by atoms with E-state index in [1.165, 1.54) is 6.07 Å². The maximum Gasteiger partial charge on any atom is 0.154 e. The van der Waals surface area contributed by atoms with E-state index in [1.807, 2.05) is 40.9 Å². The number of fused-ring (bicyclic) bond motifs is 1. The molecule has 1 aromatic carbocycles. The molecule has 0 saturated carbocycles. The van der Waals surface area contributed by atoms with Crippen LogP contribution in [0.15, 0.2) is 60.8 Å². The van der Waals surface area contributed by atoms with Crippen molar-refractivity contribution in [1.29, 1.82) is 0 Å². The van der Waals surface area contributed by atoms with Crippen LogP contribution in [0.4, 0.5) is 10.2 Å². The van der Waals surface area contributed by atoms with Crippen molar-refractivity contribution < 1.29 is 4.39 Å². The number of halogens is 1. The number of nitrogens with one attached hydrogen (secondary N) is 1. The van der Waals surface area contributed by atoms with E-state index in [-0.39, 0.29) is 17.4 Å². The first-order chi connectivity index (χ1) is 16.3. The summed E-state index contributed by atoms with van der Waals surface area (Å²) < 4.78 is 15.4. The lowest BCUT2D eigenvalue weighted by atomic mass is 9.95. The van der Waals surface area contributed by atoms with Crippen molar-refractivity contribution in [2.45, 2.75) is 57.7 Å². The predicted molar refractivity (Wildman–Crippen MR) is 137 cm³/mol. The Balaban J connectivity index is 1.44. The summed E-state index contributed by atoms with van der Waals surface area (Å²) >= 11 is 0. The molecule has 2 atom stereocenters. The number of allylic oxidation sites excluding steroid dienone is 2. The van der Waals surface area contributed by atoms with Crippen molar-refractivity contribution in [2.75, 3.05) is 18.5 Å². The average Bonchev–Trinajstić information content (AvgIpc) is 3.25. The van der Waals surface area contributed by atoms with Crippen LogP contribution in [-0.2, 0) is 6.54 Å². The molecule has 0 amide bonds. The highest BCUT2D eigenvalue weighted by atomic mass is 19.1. The predicted octanol–water partition coefficient (Wildman–Crippen LogP) is 4.71. The Bertz CT molecular complexity index is 1180. The molecule has 3 N–H and O–H groups in total. The lowest BCUT2D eigenvalue weighted by molar-refractivity contribution is 0.376. The second-order valence-corrected chi connectivity index (χ2v) is 9.59. The van der Waals surface area contributed by atoms with Crippen LogP contribution in [-0.4, -0.2) is 39.8 Å². The third kappa shape index (κ3) is 5.90. The molecule has 0 bridgehead atoms. The third-order valence-corrected chi connectivity index (χ3v) is 6.31. The van der Waals surface area contributed by atoms with Gasteiger partial charge in [-0.05, 0) is 55.2 Å². The summed E-state index contributed by atoms with van der Waals surface area (Å²) in [4.78, 5) is 6.54. The van der Waals surface area contributed by atoms with E-state index in [2.05, 4.69) is 42.4 Å². The van der Waals surface area contributed by atoms with Gasteiger partial charge in [0.2, 0.25) is 0 Å². The molecule has 0 fully saturated rings. The van der Waals surface area contributed by atoms with Crippen LogP contribution in [0.5, 0.6) is 0 Å². The Morgan fingerprint density at radius 3 is 2.88 bits per heavy atom. The number of hydrogen-bond acceptors (Lipinski definition) is 5. The summed E-state index contributed by atoms with van der Waals surface area (Å²) in [5, 5.41) is 8.42. The van der Waals surface area contributed by atoms with Gasteiger partial charge in [-0.3, -0.25) is 0 Å². The van der Waals surface area contributed by atoms with Gasteiger partial charge in [0.25, 0.3) is 0 Å². The molecule has 2 unspecified atom stereocenters. The van der Waals surface area contributed by atoms with Crippen LogP contribution in [0.2, 0.25) is 0 Å². The largest absolute Gasteiger partial charge is 0.354 e. The molecule has 34 heavy (non-hydrogen) atoms. The molecular formula is C27H35FN6. The number of nitrogens with two attached hydrogens (primary N) is 1. The highest BCUT2D eigenvalue weighted by Gasteiger charge is 2.20. The minimum Gasteiger partial charge on any atom is -0.354 e. The molecule has 2 heterocycles. The van der Waals surface area contributed by atoms with Crippen molar-refractivity contribution in [3.05, 3.63) is 77.9 Å². The minimum atomic E-state index is -0.230. The monoisotopic (exact) mass is 462 g/mol. The van der Waals surface area contributed by atoms with Crippen molar-refractivity contribution >= 4 is 17.0 Å². The van der Waals surface area contributed by atoms with Gasteiger partial charge in [0.1, 0.15) is 11.6 Å². The van der Waals surface area contributed by atoms with Crippen molar-refractivity contribution in [2.24, 2.45) is 5.73 Å². The lowest BCUT2D eigenvalue weighted by Gasteiger charge is -2.28. The first-order valence-corrected chi connectivity index (χ1v) is 12.1. The lowest BCUT2D eigenvalue weighted by Crippen LogP contribution is -2.48. The maximum atomic E-state index is 13.6. The van der Waals surface area contributed by atoms with E-state index in [1.54, 1.807) is 12.1 Å². The summed E-state index contributed by atoms with van der Waals surface area (Å²) in [5.41, 5.74) is 10.00. The summed E-state index contributed by atoms with van der Waals surface area (Å²) in [5.74, 6) is 0.567. The number of benzene rings is 1. The summed E-state index contributed by atoms with van der Waals surface area (Å²) in [7, 11) is 1.96. The fraction of sp³-hybridized carbons (Fsp3) is 0.407. The third-order valence-electron chi connectivity index (χ3n) is 6.31. The van der Waals surface area contributed by atoms with E-state index in [4.69, 9.17) is 10.8 Å². The molecule has 6 nitrogen and oxygen atoms in total. The van der Waals surface area contributed by atoms with E-state index >= 15 is 0 Å². The normalized spacial score (nSPS) is 17.6. The van der Waals surface area contributed by atoms with E-state index in [9.17, 15) is 4.39 Å². The second kappa shape index (κ2) is 10.5. The van der Waals surface area contributed by atoms with Gasteiger partial charge in [0.05, 0.1) is 11.9 Å². The fourth-order valence-corrected chi connectivity index (χ4v) is 4.25. The SMILES string of the molecule is CCCCC(C)(N)CNC1C=CC(c2cnc3ccc(N(C)Cc4cccc(F)c4)nn23)=CC1. The number of imidazole rings is 1.